The lowest BCUT2D eigenvalue weighted by atomic mass is 9.70. The van der Waals surface area contributed by atoms with Gasteiger partial charge < -0.3 is 43.0 Å². The third-order valence-electron chi connectivity index (χ3n) is 8.72. The number of rotatable bonds is 3. The lowest BCUT2D eigenvalue weighted by Gasteiger charge is -2.45. The predicted molar refractivity (Wildman–Crippen MR) is 165 cm³/mol. The van der Waals surface area contributed by atoms with Crippen LogP contribution in [-0.2, 0) is 39.2 Å². The van der Waals surface area contributed by atoms with E-state index in [1.807, 2.05) is 4.57 Å². The monoisotopic (exact) mass is 690 g/mol. The Morgan fingerprint density at radius 2 is 1.87 bits per heavy atom. The Labute approximate surface area is 264 Å². The second-order valence-corrected chi connectivity index (χ2v) is 16.1. The highest BCUT2D eigenvalue weighted by molar-refractivity contribution is 8.07. The van der Waals surface area contributed by atoms with E-state index >= 15 is 0 Å². The Hall–Kier alpha value is -3.38. The van der Waals surface area contributed by atoms with Crippen molar-refractivity contribution in [3.8, 4) is 0 Å². The quantitative estimate of drug-likeness (QED) is 0.231. The molecule has 0 amide bonds. The predicted octanol–water partition coefficient (Wildman–Crippen LogP) is 2.26. The maximum Gasteiger partial charge on any atom is 0.353 e. The maximum absolute atomic E-state index is 13.7. The summed E-state index contributed by atoms with van der Waals surface area (Å²) < 4.78 is 48.4. The first kappa shape index (κ1) is 30.0. The molecule has 8 atom stereocenters. The van der Waals surface area contributed by atoms with Gasteiger partial charge in [-0.2, -0.15) is 0 Å². The van der Waals surface area contributed by atoms with Gasteiger partial charge in [0.2, 0.25) is 5.78 Å². The minimum Gasteiger partial charge on any atom is -0.382 e. The van der Waals surface area contributed by atoms with Crippen LogP contribution < -0.4 is 11.3 Å². The molecule has 46 heavy (non-hydrogen) atoms. The van der Waals surface area contributed by atoms with Crippen LogP contribution in [0.3, 0.4) is 0 Å². The number of nitrogens with one attached hydrogen (secondary N) is 1. The minimum atomic E-state index is -3.81. The average molecular weight is 691 g/mol. The SMILES string of the molecule is C=C[P@]1(=O)OC[C@@H]2C[C@@H](OP(O)(=S)OC[C@H]3C[C@@H](n4cnc5c(N)ncnc54)[C@@H]3CO1)[C@H](n1cnc3c(=O)n4ccnc4[nH]c31)O2. The fourth-order valence-corrected chi connectivity index (χ4v) is 8.86. The summed E-state index contributed by atoms with van der Waals surface area (Å²) in [5.41, 5.74) is 7.11. The zero-order chi connectivity index (χ0) is 31.8. The third kappa shape index (κ3) is 5.03. The number of nitrogens with zero attached hydrogens (tertiary/aromatic N) is 8. The summed E-state index contributed by atoms with van der Waals surface area (Å²) in [5, 5.41) is 0. The summed E-state index contributed by atoms with van der Waals surface area (Å²) in [7, 11) is -3.77. The van der Waals surface area contributed by atoms with Crippen LogP contribution in [0.1, 0.15) is 25.1 Å². The summed E-state index contributed by atoms with van der Waals surface area (Å²) in [6.07, 6.45) is 5.79. The van der Waals surface area contributed by atoms with Gasteiger partial charge in [-0.05, 0) is 24.1 Å². The Morgan fingerprint density at radius 3 is 2.72 bits per heavy atom. The highest BCUT2D eigenvalue weighted by Crippen LogP contribution is 2.56. The van der Waals surface area contributed by atoms with E-state index in [0.717, 1.165) is 5.82 Å². The van der Waals surface area contributed by atoms with Gasteiger partial charge in [-0.3, -0.25) is 13.9 Å². The van der Waals surface area contributed by atoms with Gasteiger partial charge in [0.15, 0.2) is 23.2 Å². The first-order valence-electron chi connectivity index (χ1n) is 14.3. The molecular weight excluding hydrogens is 662 g/mol. The van der Waals surface area contributed by atoms with E-state index in [2.05, 4.69) is 36.5 Å². The molecule has 5 aromatic heterocycles. The first-order chi connectivity index (χ1) is 22.1. The first-order valence-corrected chi connectivity index (χ1v) is 18.5. The van der Waals surface area contributed by atoms with Crippen LogP contribution in [0.5, 0.6) is 0 Å². The molecule has 3 fully saturated rings. The number of hydrogen-bond donors (Lipinski definition) is 3. The lowest BCUT2D eigenvalue weighted by molar-refractivity contribution is -0.0443. The Bertz CT molecular complexity index is 2150. The van der Waals surface area contributed by atoms with Crippen molar-refractivity contribution in [3.63, 3.8) is 0 Å². The Balaban J connectivity index is 1.09. The molecule has 0 spiro atoms. The molecule has 7 heterocycles. The molecule has 8 rings (SSSR count). The smallest absolute Gasteiger partial charge is 0.353 e. The van der Waals surface area contributed by atoms with Crippen LogP contribution in [-0.4, -0.2) is 80.4 Å². The summed E-state index contributed by atoms with van der Waals surface area (Å²) in [6, 6.07) is -0.168. The van der Waals surface area contributed by atoms with Crippen LogP contribution in [0.15, 0.2) is 48.6 Å². The van der Waals surface area contributed by atoms with Crippen molar-refractivity contribution < 1.29 is 32.3 Å². The number of nitrogen functional groups attached to an aromatic ring is 1. The van der Waals surface area contributed by atoms with Crippen molar-refractivity contribution in [2.24, 2.45) is 11.8 Å². The molecule has 18 nitrogen and oxygen atoms in total. The fraction of sp³-hybridized carbons (Fsp3) is 0.440. The number of hydrogen-bond acceptors (Lipinski definition) is 14. The molecule has 242 valence electrons. The van der Waals surface area contributed by atoms with E-state index in [4.69, 9.17) is 40.4 Å². The van der Waals surface area contributed by atoms with Gasteiger partial charge in [-0.1, -0.05) is 6.58 Å². The summed E-state index contributed by atoms with van der Waals surface area (Å²) in [4.78, 5) is 48.5. The number of aromatic nitrogens is 9. The number of H-pyrrole nitrogens is 1. The van der Waals surface area contributed by atoms with E-state index in [1.165, 1.54) is 29.4 Å². The highest BCUT2D eigenvalue weighted by atomic mass is 32.5. The van der Waals surface area contributed by atoms with Crippen molar-refractivity contribution in [1.82, 2.24) is 43.4 Å². The number of anilines is 1. The van der Waals surface area contributed by atoms with Gasteiger partial charge in [-0.15, -0.1) is 0 Å². The zero-order valence-electron chi connectivity index (χ0n) is 23.9. The van der Waals surface area contributed by atoms with Crippen molar-refractivity contribution in [1.29, 1.82) is 0 Å². The summed E-state index contributed by atoms with van der Waals surface area (Å²) in [6.45, 7) is -0.208. The van der Waals surface area contributed by atoms with E-state index < -0.39 is 32.8 Å². The van der Waals surface area contributed by atoms with E-state index in [1.54, 1.807) is 10.9 Å². The number of nitrogens with two attached hydrogens (primary N) is 1. The second kappa shape index (κ2) is 11.1. The molecule has 1 aliphatic carbocycles. The molecular formula is C25H28N10O8P2S. The van der Waals surface area contributed by atoms with Crippen LogP contribution in [0.4, 0.5) is 5.82 Å². The number of aromatic amines is 1. The number of ether oxygens (including phenoxy) is 1. The molecule has 5 aromatic rings. The van der Waals surface area contributed by atoms with Crippen LogP contribution in [0.2, 0.25) is 0 Å². The molecule has 2 aliphatic heterocycles. The van der Waals surface area contributed by atoms with Gasteiger partial charge in [0.1, 0.15) is 23.6 Å². The van der Waals surface area contributed by atoms with Gasteiger partial charge >= 0.3 is 14.3 Å². The van der Waals surface area contributed by atoms with Gasteiger partial charge in [0.05, 0.1) is 38.6 Å². The molecule has 3 aliphatic rings. The molecule has 0 aromatic carbocycles. The molecule has 2 bridgehead atoms. The molecule has 21 heteroatoms. The van der Waals surface area contributed by atoms with Crippen molar-refractivity contribution in [2.75, 3.05) is 25.6 Å². The Kier molecular flexibility index (Phi) is 7.24. The fourth-order valence-electron chi connectivity index (χ4n) is 6.34. The van der Waals surface area contributed by atoms with Crippen LogP contribution in [0, 0.1) is 11.8 Å². The Morgan fingerprint density at radius 1 is 1.07 bits per heavy atom. The van der Waals surface area contributed by atoms with Crippen LogP contribution >= 0.6 is 14.3 Å². The standard InChI is InChI=1S/C25H28N10O8P2S/c1-2-44(37)39-8-14-6-17(24(42-14)35-12-31-19-22(35)32-25-27-3-4-33(25)23(19)36)43-45(38,46)41-7-13-5-16(15(13)9-40-44)34-11-30-18-20(26)28-10-29-21(18)34/h2-4,10-17,24H,1,5-9H2,(H,27,32)(H,38,46)(H2,26,28,29)/t13-,14+,15-,16-,17-,24-,44+,45?/m1/s1. The van der Waals surface area contributed by atoms with Gasteiger partial charge in [0.25, 0.3) is 5.56 Å². The zero-order valence-corrected chi connectivity index (χ0v) is 26.5. The normalized spacial score (nSPS) is 33.9. The molecule has 0 radical (unpaired) electrons. The van der Waals surface area contributed by atoms with Crippen molar-refractivity contribution >= 4 is 60.0 Å². The maximum atomic E-state index is 13.7. The number of imidazole rings is 3. The van der Waals surface area contributed by atoms with Crippen molar-refractivity contribution in [2.45, 2.75) is 37.3 Å². The number of fused-ring (bicyclic) bond motifs is 6. The van der Waals surface area contributed by atoms with Crippen LogP contribution in [0.25, 0.3) is 28.1 Å². The lowest BCUT2D eigenvalue weighted by Crippen LogP contribution is -2.43. The van der Waals surface area contributed by atoms with E-state index in [-0.39, 0.29) is 61.0 Å². The minimum absolute atomic E-state index is 0.0186. The van der Waals surface area contributed by atoms with E-state index in [0.29, 0.717) is 29.0 Å². The highest BCUT2D eigenvalue weighted by Gasteiger charge is 2.47. The largest absolute Gasteiger partial charge is 0.382 e. The third-order valence-corrected chi connectivity index (χ3v) is 11.8. The average Bonchev–Trinajstić information content (AvgIpc) is 3.82. The second-order valence-electron chi connectivity index (χ2n) is 11.3. The van der Waals surface area contributed by atoms with Gasteiger partial charge in [0, 0.05) is 36.6 Å². The molecule has 4 N–H and O–H groups in total. The topological polar surface area (TPSA) is 221 Å². The summed E-state index contributed by atoms with van der Waals surface area (Å²) >= 11 is 5.46. The molecule has 1 unspecified atom stereocenters. The van der Waals surface area contributed by atoms with E-state index in [9.17, 15) is 14.3 Å². The van der Waals surface area contributed by atoms with Crippen molar-refractivity contribution in [3.05, 3.63) is 54.1 Å². The van der Waals surface area contributed by atoms with Gasteiger partial charge in [-0.25, -0.2) is 29.3 Å². The molecule has 1 saturated carbocycles. The molecule has 2 saturated heterocycles. The summed E-state index contributed by atoms with van der Waals surface area (Å²) in [5.74, 6) is 1.31.